The molecule has 1 aromatic heterocycles. The molecule has 3 aromatic carbocycles. The molecular formula is C21H15ClO. The molecule has 4 aromatic rings. The number of hydrogen-bond acceptors (Lipinski definition) is 1. The monoisotopic (exact) mass is 318 g/mol. The van der Waals surface area contributed by atoms with E-state index in [1.807, 2.05) is 18.2 Å². The number of furan rings is 1. The number of hydrogen-bond donors (Lipinski definition) is 0. The topological polar surface area (TPSA) is 13.1 Å². The smallest absolute Gasteiger partial charge is 0.136 e. The van der Waals surface area contributed by atoms with E-state index in [-0.39, 0.29) is 5.41 Å². The fourth-order valence-corrected chi connectivity index (χ4v) is 4.19. The van der Waals surface area contributed by atoms with Gasteiger partial charge in [-0.1, -0.05) is 55.8 Å². The van der Waals surface area contributed by atoms with Crippen LogP contribution in [0.4, 0.5) is 0 Å². The maximum atomic E-state index is 6.27. The molecule has 0 N–H and O–H groups in total. The average molecular weight is 319 g/mol. The summed E-state index contributed by atoms with van der Waals surface area (Å²) in [4.78, 5) is 0. The third-order valence-corrected chi connectivity index (χ3v) is 5.38. The summed E-state index contributed by atoms with van der Waals surface area (Å²) in [7, 11) is 0. The maximum Gasteiger partial charge on any atom is 0.136 e. The van der Waals surface area contributed by atoms with Gasteiger partial charge >= 0.3 is 0 Å². The van der Waals surface area contributed by atoms with Crippen molar-refractivity contribution in [1.82, 2.24) is 0 Å². The van der Waals surface area contributed by atoms with Gasteiger partial charge in [-0.15, -0.1) is 0 Å². The van der Waals surface area contributed by atoms with Crippen LogP contribution in [0.3, 0.4) is 0 Å². The molecule has 0 amide bonds. The molecule has 112 valence electrons. The van der Waals surface area contributed by atoms with Crippen LogP contribution in [0, 0.1) is 0 Å². The Labute approximate surface area is 139 Å². The van der Waals surface area contributed by atoms with E-state index in [1.165, 1.54) is 33.0 Å². The summed E-state index contributed by atoms with van der Waals surface area (Å²) in [5.74, 6) is 0. The fourth-order valence-electron chi connectivity index (χ4n) is 4.01. The van der Waals surface area contributed by atoms with Crippen molar-refractivity contribution in [2.45, 2.75) is 19.3 Å². The summed E-state index contributed by atoms with van der Waals surface area (Å²) in [6.07, 6.45) is 0. The van der Waals surface area contributed by atoms with Crippen LogP contribution in [-0.4, -0.2) is 0 Å². The Balaban J connectivity index is 2.03. The van der Waals surface area contributed by atoms with E-state index in [9.17, 15) is 0 Å². The molecule has 1 heterocycles. The first kappa shape index (κ1) is 13.2. The normalized spacial score (nSPS) is 15.1. The Kier molecular flexibility index (Phi) is 2.40. The minimum absolute atomic E-state index is 0.0534. The Bertz CT molecular complexity index is 1100. The van der Waals surface area contributed by atoms with Crippen molar-refractivity contribution < 1.29 is 4.42 Å². The summed E-state index contributed by atoms with van der Waals surface area (Å²) in [5, 5.41) is 3.18. The highest BCUT2D eigenvalue weighted by Crippen LogP contribution is 2.53. The van der Waals surface area contributed by atoms with Gasteiger partial charge in [0.1, 0.15) is 11.2 Å². The lowest BCUT2D eigenvalue weighted by molar-refractivity contribution is 0.656. The second-order valence-corrected chi connectivity index (χ2v) is 7.21. The lowest BCUT2D eigenvalue weighted by atomic mass is 9.82. The van der Waals surface area contributed by atoms with Crippen molar-refractivity contribution in [3.05, 3.63) is 70.7 Å². The van der Waals surface area contributed by atoms with E-state index in [4.69, 9.17) is 16.0 Å². The van der Waals surface area contributed by atoms with Gasteiger partial charge in [0.05, 0.1) is 0 Å². The van der Waals surface area contributed by atoms with Gasteiger partial charge in [-0.3, -0.25) is 0 Å². The van der Waals surface area contributed by atoms with E-state index in [0.29, 0.717) is 0 Å². The standard InChI is InChI=1S/C21H15ClO/c1-21(2)15-9-10-18-20(14-5-3-4-6-17(14)23-18)19(15)13-8-7-12(22)11-16(13)21/h3-11H,1-2H3. The lowest BCUT2D eigenvalue weighted by Gasteiger charge is -2.21. The predicted molar refractivity (Wildman–Crippen MR) is 96.3 cm³/mol. The van der Waals surface area contributed by atoms with Gasteiger partial charge in [0, 0.05) is 21.2 Å². The molecule has 1 aliphatic carbocycles. The van der Waals surface area contributed by atoms with E-state index in [0.717, 1.165) is 16.2 Å². The minimum atomic E-state index is -0.0534. The van der Waals surface area contributed by atoms with E-state index in [2.05, 4.69) is 50.2 Å². The van der Waals surface area contributed by atoms with Crippen molar-refractivity contribution in [2.24, 2.45) is 0 Å². The quantitative estimate of drug-likeness (QED) is 0.358. The maximum absolute atomic E-state index is 6.27. The van der Waals surface area contributed by atoms with Gasteiger partial charge < -0.3 is 4.42 Å². The predicted octanol–water partition coefficient (Wildman–Crippen LogP) is 6.55. The zero-order valence-corrected chi connectivity index (χ0v) is 13.7. The van der Waals surface area contributed by atoms with Gasteiger partial charge in [-0.2, -0.15) is 0 Å². The molecule has 0 spiro atoms. The molecule has 0 bridgehead atoms. The molecule has 0 radical (unpaired) electrons. The molecule has 0 saturated carbocycles. The Morgan fingerprint density at radius 1 is 0.870 bits per heavy atom. The number of rotatable bonds is 0. The molecule has 0 unspecified atom stereocenters. The summed E-state index contributed by atoms with van der Waals surface area (Å²) >= 11 is 6.27. The molecule has 0 aliphatic heterocycles. The van der Waals surface area contributed by atoms with Crippen molar-refractivity contribution in [3.63, 3.8) is 0 Å². The van der Waals surface area contributed by atoms with Crippen LogP contribution in [0.15, 0.2) is 59.0 Å². The van der Waals surface area contributed by atoms with Gasteiger partial charge in [0.25, 0.3) is 0 Å². The molecule has 1 aliphatic rings. The largest absolute Gasteiger partial charge is 0.456 e. The minimum Gasteiger partial charge on any atom is -0.456 e. The second-order valence-electron chi connectivity index (χ2n) is 6.77. The van der Waals surface area contributed by atoms with Crippen LogP contribution in [0.1, 0.15) is 25.0 Å². The summed E-state index contributed by atoms with van der Waals surface area (Å²) < 4.78 is 6.06. The fraction of sp³-hybridized carbons (Fsp3) is 0.143. The average Bonchev–Trinajstić information content (AvgIpc) is 3.01. The molecule has 1 nitrogen and oxygen atoms in total. The molecule has 2 heteroatoms. The zero-order chi connectivity index (χ0) is 15.8. The van der Waals surface area contributed by atoms with E-state index in [1.54, 1.807) is 0 Å². The first-order valence-electron chi connectivity index (χ1n) is 7.82. The van der Waals surface area contributed by atoms with E-state index >= 15 is 0 Å². The van der Waals surface area contributed by atoms with E-state index < -0.39 is 0 Å². The first-order chi connectivity index (χ1) is 11.1. The van der Waals surface area contributed by atoms with Crippen LogP contribution in [0.25, 0.3) is 33.1 Å². The number of halogens is 1. The van der Waals surface area contributed by atoms with Gasteiger partial charge in [-0.25, -0.2) is 0 Å². The summed E-state index contributed by atoms with van der Waals surface area (Å²) in [5.41, 5.74) is 7.03. The molecule has 0 atom stereocenters. The third-order valence-electron chi connectivity index (χ3n) is 5.14. The van der Waals surface area contributed by atoms with Crippen LogP contribution < -0.4 is 0 Å². The van der Waals surface area contributed by atoms with Crippen molar-refractivity contribution in [3.8, 4) is 11.1 Å². The Morgan fingerprint density at radius 2 is 1.70 bits per heavy atom. The van der Waals surface area contributed by atoms with Gasteiger partial charge in [-0.05, 0) is 46.5 Å². The molecule has 5 rings (SSSR count). The van der Waals surface area contributed by atoms with Crippen molar-refractivity contribution in [1.29, 1.82) is 0 Å². The highest BCUT2D eigenvalue weighted by molar-refractivity contribution is 6.31. The Hall–Kier alpha value is -2.25. The Morgan fingerprint density at radius 3 is 2.57 bits per heavy atom. The van der Waals surface area contributed by atoms with Crippen LogP contribution in [-0.2, 0) is 5.41 Å². The lowest BCUT2D eigenvalue weighted by Crippen LogP contribution is -2.14. The number of benzene rings is 3. The van der Waals surface area contributed by atoms with Crippen LogP contribution in [0.5, 0.6) is 0 Å². The molecule has 0 fully saturated rings. The molecular weight excluding hydrogens is 304 g/mol. The number of para-hydroxylation sites is 1. The summed E-state index contributed by atoms with van der Waals surface area (Å²) in [6.45, 7) is 4.53. The third kappa shape index (κ3) is 1.58. The van der Waals surface area contributed by atoms with Crippen LogP contribution in [0.2, 0.25) is 5.02 Å². The summed E-state index contributed by atoms with van der Waals surface area (Å²) in [6, 6.07) is 18.8. The van der Waals surface area contributed by atoms with Crippen molar-refractivity contribution >= 4 is 33.5 Å². The van der Waals surface area contributed by atoms with Crippen molar-refractivity contribution in [2.75, 3.05) is 0 Å². The molecule has 23 heavy (non-hydrogen) atoms. The number of fused-ring (bicyclic) bond motifs is 7. The van der Waals surface area contributed by atoms with Gasteiger partial charge in [0.15, 0.2) is 0 Å². The van der Waals surface area contributed by atoms with Gasteiger partial charge in [0.2, 0.25) is 0 Å². The highest BCUT2D eigenvalue weighted by Gasteiger charge is 2.37. The highest BCUT2D eigenvalue weighted by atomic mass is 35.5. The SMILES string of the molecule is CC1(C)c2cc(Cl)ccc2-c2c1ccc1oc3ccccc3c21. The zero-order valence-electron chi connectivity index (χ0n) is 13.0. The van der Waals surface area contributed by atoms with Crippen LogP contribution >= 0.6 is 11.6 Å². The molecule has 0 saturated heterocycles. The first-order valence-corrected chi connectivity index (χ1v) is 8.20. The second kappa shape index (κ2) is 4.18.